The fourth-order valence-corrected chi connectivity index (χ4v) is 2.04. The van der Waals surface area contributed by atoms with Gasteiger partial charge in [0, 0.05) is 12.8 Å². The van der Waals surface area contributed by atoms with Gasteiger partial charge < -0.3 is 15.2 Å². The fourth-order valence-electron chi connectivity index (χ4n) is 2.04. The molecule has 0 radical (unpaired) electrons. The van der Waals surface area contributed by atoms with E-state index in [1.54, 1.807) is 12.4 Å². The molecule has 1 heterocycles. The molecular formula is C15H26N2O2. The number of nitrogens with two attached hydrogens (primary N) is 1. The van der Waals surface area contributed by atoms with Crippen LogP contribution in [0.15, 0.2) is 18.5 Å². The van der Waals surface area contributed by atoms with E-state index in [0.717, 1.165) is 17.7 Å². The van der Waals surface area contributed by atoms with Crippen LogP contribution in [-0.2, 0) is 4.74 Å². The summed E-state index contributed by atoms with van der Waals surface area (Å²) in [5.41, 5.74) is 6.91. The van der Waals surface area contributed by atoms with Crippen LogP contribution in [0.25, 0.3) is 0 Å². The molecule has 2 atom stereocenters. The zero-order valence-corrected chi connectivity index (χ0v) is 12.6. The van der Waals surface area contributed by atoms with Gasteiger partial charge in [-0.15, -0.1) is 0 Å². The van der Waals surface area contributed by atoms with Crippen LogP contribution >= 0.6 is 0 Å². The average Bonchev–Trinajstić information content (AvgIpc) is 2.37. The molecule has 108 valence electrons. The fraction of sp³-hybridized carbons (Fsp3) is 0.667. The third-order valence-corrected chi connectivity index (χ3v) is 3.30. The van der Waals surface area contributed by atoms with Crippen molar-refractivity contribution in [1.82, 2.24) is 4.98 Å². The van der Waals surface area contributed by atoms with Crippen LogP contribution in [-0.4, -0.2) is 23.3 Å². The number of hydrogen-bond donors (Lipinski definition) is 1. The van der Waals surface area contributed by atoms with E-state index >= 15 is 0 Å². The largest absolute Gasteiger partial charge is 0.489 e. The number of aromatic nitrogens is 1. The summed E-state index contributed by atoms with van der Waals surface area (Å²) in [4.78, 5) is 4.21. The highest BCUT2D eigenvalue weighted by Gasteiger charge is 2.32. The van der Waals surface area contributed by atoms with E-state index in [4.69, 9.17) is 15.2 Å². The number of nitrogens with zero attached hydrogens (tertiary/aromatic N) is 1. The first-order valence-corrected chi connectivity index (χ1v) is 6.94. The Balaban J connectivity index is 2.95. The van der Waals surface area contributed by atoms with Crippen molar-refractivity contribution in [2.24, 2.45) is 5.73 Å². The lowest BCUT2D eigenvalue weighted by atomic mass is 9.89. The van der Waals surface area contributed by atoms with Crippen molar-refractivity contribution in [3.8, 4) is 5.75 Å². The first-order valence-electron chi connectivity index (χ1n) is 6.94. The average molecular weight is 266 g/mol. The molecule has 1 rings (SSSR count). The first-order chi connectivity index (χ1) is 8.92. The normalized spacial score (nSPS) is 16.2. The monoisotopic (exact) mass is 266 g/mol. The number of ether oxygens (including phenoxy) is 2. The van der Waals surface area contributed by atoms with Crippen molar-refractivity contribution in [2.75, 3.05) is 6.61 Å². The maximum absolute atomic E-state index is 6.35. The first kappa shape index (κ1) is 15.9. The zero-order valence-electron chi connectivity index (χ0n) is 12.6. The lowest BCUT2D eigenvalue weighted by Crippen LogP contribution is -2.40. The van der Waals surface area contributed by atoms with E-state index in [0.29, 0.717) is 6.61 Å². The van der Waals surface area contributed by atoms with Crippen molar-refractivity contribution >= 4 is 0 Å². The van der Waals surface area contributed by atoms with Crippen molar-refractivity contribution in [2.45, 2.75) is 58.8 Å². The Morgan fingerprint density at radius 2 is 2.00 bits per heavy atom. The highest BCUT2D eigenvalue weighted by molar-refractivity contribution is 5.27. The van der Waals surface area contributed by atoms with E-state index in [-0.39, 0.29) is 17.7 Å². The summed E-state index contributed by atoms with van der Waals surface area (Å²) in [6.07, 6.45) is 4.46. The van der Waals surface area contributed by atoms with Crippen molar-refractivity contribution in [3.63, 3.8) is 0 Å². The maximum atomic E-state index is 6.35. The molecule has 0 saturated carbocycles. The molecule has 0 bridgehead atoms. The molecule has 0 aliphatic rings. The molecule has 1 aromatic rings. The van der Waals surface area contributed by atoms with Crippen LogP contribution in [0.1, 0.15) is 52.6 Å². The van der Waals surface area contributed by atoms with Gasteiger partial charge in [-0.2, -0.15) is 0 Å². The van der Waals surface area contributed by atoms with Gasteiger partial charge in [0.1, 0.15) is 5.75 Å². The molecule has 0 aliphatic heterocycles. The molecule has 2 unspecified atom stereocenters. The van der Waals surface area contributed by atoms with E-state index in [9.17, 15) is 0 Å². The van der Waals surface area contributed by atoms with Crippen molar-refractivity contribution in [1.29, 1.82) is 0 Å². The summed E-state index contributed by atoms with van der Waals surface area (Å²) in [5.74, 6) is 0.748. The minimum absolute atomic E-state index is 0.123. The smallest absolute Gasteiger partial charge is 0.138 e. The Kier molecular flexibility index (Phi) is 5.76. The number of rotatable bonds is 7. The van der Waals surface area contributed by atoms with E-state index < -0.39 is 0 Å². The van der Waals surface area contributed by atoms with Gasteiger partial charge in [-0.1, -0.05) is 6.92 Å². The van der Waals surface area contributed by atoms with Crippen LogP contribution in [0.4, 0.5) is 0 Å². The predicted octanol–water partition coefficient (Wildman–Crippen LogP) is 3.07. The molecule has 0 amide bonds. The topological polar surface area (TPSA) is 57.4 Å². The van der Waals surface area contributed by atoms with Gasteiger partial charge >= 0.3 is 0 Å². The third kappa shape index (κ3) is 4.18. The Morgan fingerprint density at radius 3 is 2.53 bits per heavy atom. The van der Waals surface area contributed by atoms with Crippen molar-refractivity contribution < 1.29 is 9.47 Å². The summed E-state index contributed by atoms with van der Waals surface area (Å²) in [6, 6.07) is 1.73. The second kappa shape index (κ2) is 6.87. The van der Waals surface area contributed by atoms with E-state index in [2.05, 4.69) is 11.9 Å². The van der Waals surface area contributed by atoms with Gasteiger partial charge in [0.2, 0.25) is 0 Å². The molecule has 0 aromatic carbocycles. The molecule has 2 N–H and O–H groups in total. The lowest BCUT2D eigenvalue weighted by molar-refractivity contribution is -0.0473. The molecule has 4 nitrogen and oxygen atoms in total. The van der Waals surface area contributed by atoms with E-state index in [1.165, 1.54) is 0 Å². The van der Waals surface area contributed by atoms with Gasteiger partial charge in [-0.05, 0) is 45.7 Å². The molecule has 0 spiro atoms. The minimum atomic E-state index is -0.382. The molecule has 0 aliphatic carbocycles. The van der Waals surface area contributed by atoms with Gasteiger partial charge in [0.15, 0.2) is 0 Å². The number of hydrogen-bond acceptors (Lipinski definition) is 4. The molecule has 19 heavy (non-hydrogen) atoms. The Bertz CT molecular complexity index is 395. The van der Waals surface area contributed by atoms with Gasteiger partial charge in [0.25, 0.3) is 0 Å². The number of pyridine rings is 1. The molecule has 0 fully saturated rings. The lowest BCUT2D eigenvalue weighted by Gasteiger charge is -2.34. The summed E-state index contributed by atoms with van der Waals surface area (Å²) in [7, 11) is 0. The molecule has 4 heteroatoms. The molecule has 0 saturated heterocycles. The van der Waals surface area contributed by atoms with Crippen LogP contribution < -0.4 is 10.5 Å². The highest BCUT2D eigenvalue weighted by Crippen LogP contribution is 2.31. The summed E-state index contributed by atoms with van der Waals surface area (Å²) in [6.45, 7) is 10.7. The van der Waals surface area contributed by atoms with Gasteiger partial charge in [-0.3, -0.25) is 4.98 Å². The standard InChI is InChI=1S/C15H26N2O2/c1-6-15(5,18-7-2)14(16)12-8-13(10-17-9-12)19-11(3)4/h8-11,14H,6-7,16H2,1-5H3. The van der Waals surface area contributed by atoms with Crippen LogP contribution in [0.3, 0.4) is 0 Å². The zero-order chi connectivity index (χ0) is 14.5. The third-order valence-electron chi connectivity index (χ3n) is 3.30. The molecular weight excluding hydrogens is 240 g/mol. The second-order valence-corrected chi connectivity index (χ2v) is 5.20. The minimum Gasteiger partial charge on any atom is -0.489 e. The van der Waals surface area contributed by atoms with Crippen LogP contribution in [0.2, 0.25) is 0 Å². The Hall–Kier alpha value is -1.13. The quantitative estimate of drug-likeness (QED) is 0.824. The summed E-state index contributed by atoms with van der Waals surface area (Å²) < 4.78 is 11.5. The van der Waals surface area contributed by atoms with Crippen LogP contribution in [0.5, 0.6) is 5.75 Å². The van der Waals surface area contributed by atoms with Crippen LogP contribution in [0, 0.1) is 0 Å². The maximum Gasteiger partial charge on any atom is 0.138 e. The SMILES string of the molecule is CCOC(C)(CC)C(N)c1cncc(OC(C)C)c1. The summed E-state index contributed by atoms with van der Waals surface area (Å²) in [5, 5.41) is 0. The van der Waals surface area contributed by atoms with Crippen molar-refractivity contribution in [3.05, 3.63) is 24.0 Å². The van der Waals surface area contributed by atoms with Gasteiger partial charge in [0.05, 0.1) is 23.9 Å². The molecule has 1 aromatic heterocycles. The predicted molar refractivity (Wildman–Crippen MR) is 77.3 cm³/mol. The Labute approximate surface area is 116 Å². The van der Waals surface area contributed by atoms with E-state index in [1.807, 2.05) is 33.8 Å². The Morgan fingerprint density at radius 1 is 1.32 bits per heavy atom. The highest BCUT2D eigenvalue weighted by atomic mass is 16.5. The summed E-state index contributed by atoms with van der Waals surface area (Å²) >= 11 is 0. The van der Waals surface area contributed by atoms with Gasteiger partial charge in [-0.25, -0.2) is 0 Å². The second-order valence-electron chi connectivity index (χ2n) is 5.20.